The van der Waals surface area contributed by atoms with Gasteiger partial charge in [0.25, 0.3) is 5.56 Å². The lowest BCUT2D eigenvalue weighted by atomic mass is 10.0. The predicted molar refractivity (Wildman–Crippen MR) is 83.0 cm³/mol. The highest BCUT2D eigenvalue weighted by molar-refractivity contribution is 5.62. The summed E-state index contributed by atoms with van der Waals surface area (Å²) in [5.74, 6) is 0.774. The van der Waals surface area contributed by atoms with Crippen molar-refractivity contribution in [2.45, 2.75) is 46.5 Å². The summed E-state index contributed by atoms with van der Waals surface area (Å²) in [6, 6.07) is 8.38. The zero-order chi connectivity index (χ0) is 14.5. The number of nitrogens with one attached hydrogen (secondary N) is 1. The quantitative estimate of drug-likeness (QED) is 0.901. The number of benzene rings is 1. The maximum Gasteiger partial charge on any atom is 0.254 e. The number of aryl methyl sites for hydroxylation is 2. The first kappa shape index (κ1) is 14.5. The molecule has 0 saturated heterocycles. The molecule has 2 aromatic rings. The van der Waals surface area contributed by atoms with E-state index in [9.17, 15) is 4.79 Å². The molecule has 0 unspecified atom stereocenters. The zero-order valence-electron chi connectivity index (χ0n) is 12.5. The van der Waals surface area contributed by atoms with Gasteiger partial charge in [-0.2, -0.15) is 0 Å². The Morgan fingerprint density at radius 1 is 1.05 bits per heavy atom. The van der Waals surface area contributed by atoms with E-state index in [1.165, 1.54) is 5.56 Å². The van der Waals surface area contributed by atoms with Crippen molar-refractivity contribution in [2.24, 2.45) is 0 Å². The first-order valence-electron chi connectivity index (χ1n) is 7.34. The monoisotopic (exact) mass is 270 g/mol. The Balaban J connectivity index is 2.42. The summed E-state index contributed by atoms with van der Waals surface area (Å²) < 4.78 is 0. The Kier molecular flexibility index (Phi) is 4.72. The van der Waals surface area contributed by atoms with Gasteiger partial charge in [-0.3, -0.25) is 4.79 Å². The summed E-state index contributed by atoms with van der Waals surface area (Å²) in [6.07, 6.45) is 4.00. The number of nitrogens with zero attached hydrogens (tertiary/aromatic N) is 1. The van der Waals surface area contributed by atoms with Crippen LogP contribution in [0, 0.1) is 6.92 Å². The molecule has 2 rings (SSSR count). The standard InChI is InChI=1S/C17H22N2O/c1-4-6-13-8-10-14(11-9-13)16-12(3)17(20)19-15(18-16)7-5-2/h8-11H,4-7H2,1-3H3,(H,18,19,20). The lowest BCUT2D eigenvalue weighted by Gasteiger charge is -2.08. The summed E-state index contributed by atoms with van der Waals surface area (Å²) >= 11 is 0. The summed E-state index contributed by atoms with van der Waals surface area (Å²) in [5, 5.41) is 0. The minimum atomic E-state index is -0.0314. The van der Waals surface area contributed by atoms with Crippen LogP contribution in [0.15, 0.2) is 29.1 Å². The molecule has 0 bridgehead atoms. The first-order valence-corrected chi connectivity index (χ1v) is 7.34. The highest BCUT2D eigenvalue weighted by Gasteiger charge is 2.09. The van der Waals surface area contributed by atoms with Crippen LogP contribution in [-0.4, -0.2) is 9.97 Å². The Morgan fingerprint density at radius 3 is 2.30 bits per heavy atom. The van der Waals surface area contributed by atoms with Crippen molar-refractivity contribution < 1.29 is 0 Å². The first-order chi connectivity index (χ1) is 9.65. The minimum absolute atomic E-state index is 0.0314. The van der Waals surface area contributed by atoms with Crippen LogP contribution in [0.2, 0.25) is 0 Å². The molecular weight excluding hydrogens is 248 g/mol. The predicted octanol–water partition coefficient (Wildman–Crippen LogP) is 3.65. The number of aromatic amines is 1. The molecule has 1 aromatic carbocycles. The van der Waals surface area contributed by atoms with E-state index in [0.717, 1.165) is 42.8 Å². The van der Waals surface area contributed by atoms with Crippen molar-refractivity contribution in [3.05, 3.63) is 51.6 Å². The van der Waals surface area contributed by atoms with Gasteiger partial charge in [-0.15, -0.1) is 0 Å². The van der Waals surface area contributed by atoms with E-state index in [4.69, 9.17) is 0 Å². The van der Waals surface area contributed by atoms with E-state index >= 15 is 0 Å². The van der Waals surface area contributed by atoms with Crippen LogP contribution in [0.1, 0.15) is 43.6 Å². The van der Waals surface area contributed by atoms with Crippen molar-refractivity contribution in [1.29, 1.82) is 0 Å². The fourth-order valence-corrected chi connectivity index (χ4v) is 2.33. The number of H-pyrrole nitrogens is 1. The molecule has 0 aliphatic rings. The zero-order valence-corrected chi connectivity index (χ0v) is 12.5. The average molecular weight is 270 g/mol. The third kappa shape index (κ3) is 3.16. The van der Waals surface area contributed by atoms with Gasteiger partial charge in [0.1, 0.15) is 5.82 Å². The van der Waals surface area contributed by atoms with Gasteiger partial charge in [0.05, 0.1) is 5.69 Å². The van der Waals surface area contributed by atoms with Crippen molar-refractivity contribution in [1.82, 2.24) is 9.97 Å². The van der Waals surface area contributed by atoms with E-state index in [1.54, 1.807) is 0 Å². The number of hydrogen-bond acceptors (Lipinski definition) is 2. The Hall–Kier alpha value is -1.90. The van der Waals surface area contributed by atoms with Gasteiger partial charge >= 0.3 is 0 Å². The molecule has 0 fully saturated rings. The second-order valence-electron chi connectivity index (χ2n) is 5.18. The molecule has 3 nitrogen and oxygen atoms in total. The van der Waals surface area contributed by atoms with Gasteiger partial charge in [-0.1, -0.05) is 44.5 Å². The summed E-state index contributed by atoms with van der Waals surface area (Å²) in [5.41, 5.74) is 3.81. The van der Waals surface area contributed by atoms with Crippen molar-refractivity contribution in [2.75, 3.05) is 0 Å². The second-order valence-corrected chi connectivity index (χ2v) is 5.18. The van der Waals surface area contributed by atoms with E-state index < -0.39 is 0 Å². The summed E-state index contributed by atoms with van der Waals surface area (Å²) in [6.45, 7) is 6.09. The van der Waals surface area contributed by atoms with E-state index in [-0.39, 0.29) is 5.56 Å². The SMILES string of the molecule is CCCc1ccc(-c2nc(CCC)[nH]c(=O)c2C)cc1. The van der Waals surface area contributed by atoms with E-state index in [0.29, 0.717) is 5.56 Å². The molecule has 0 atom stereocenters. The maximum atomic E-state index is 12.0. The molecule has 1 heterocycles. The van der Waals surface area contributed by atoms with Gasteiger partial charge in [-0.25, -0.2) is 4.98 Å². The van der Waals surface area contributed by atoms with Gasteiger partial charge in [0, 0.05) is 17.5 Å². The molecule has 20 heavy (non-hydrogen) atoms. The van der Waals surface area contributed by atoms with Crippen LogP contribution in [0.5, 0.6) is 0 Å². The molecule has 3 heteroatoms. The van der Waals surface area contributed by atoms with Crippen LogP contribution in [-0.2, 0) is 12.8 Å². The number of aromatic nitrogens is 2. The molecule has 0 saturated carbocycles. The highest BCUT2D eigenvalue weighted by Crippen LogP contribution is 2.20. The molecule has 0 amide bonds. The maximum absolute atomic E-state index is 12.0. The Morgan fingerprint density at radius 2 is 1.70 bits per heavy atom. The molecule has 1 aromatic heterocycles. The molecule has 0 aliphatic heterocycles. The molecule has 0 aliphatic carbocycles. The molecule has 0 spiro atoms. The van der Waals surface area contributed by atoms with Crippen molar-refractivity contribution in [3.8, 4) is 11.3 Å². The lowest BCUT2D eigenvalue weighted by Crippen LogP contribution is -2.16. The fraction of sp³-hybridized carbons (Fsp3) is 0.412. The number of hydrogen-bond donors (Lipinski definition) is 1. The van der Waals surface area contributed by atoms with Crippen LogP contribution in [0.3, 0.4) is 0 Å². The molecule has 1 N–H and O–H groups in total. The fourth-order valence-electron chi connectivity index (χ4n) is 2.33. The average Bonchev–Trinajstić information content (AvgIpc) is 2.44. The topological polar surface area (TPSA) is 45.8 Å². The van der Waals surface area contributed by atoms with Crippen molar-refractivity contribution in [3.63, 3.8) is 0 Å². The lowest BCUT2D eigenvalue weighted by molar-refractivity contribution is 0.822. The molecule has 0 radical (unpaired) electrons. The van der Waals surface area contributed by atoms with E-state index in [2.05, 4.69) is 48.1 Å². The van der Waals surface area contributed by atoms with Gasteiger partial charge < -0.3 is 4.98 Å². The smallest absolute Gasteiger partial charge is 0.254 e. The van der Waals surface area contributed by atoms with E-state index in [1.807, 2.05) is 6.92 Å². The van der Waals surface area contributed by atoms with Gasteiger partial charge in [0.2, 0.25) is 0 Å². The second kappa shape index (κ2) is 6.51. The minimum Gasteiger partial charge on any atom is -0.310 e. The highest BCUT2D eigenvalue weighted by atomic mass is 16.1. The Bertz CT molecular complexity index is 626. The summed E-state index contributed by atoms with van der Waals surface area (Å²) in [7, 11) is 0. The van der Waals surface area contributed by atoms with Crippen molar-refractivity contribution >= 4 is 0 Å². The van der Waals surface area contributed by atoms with Gasteiger partial charge in [0.15, 0.2) is 0 Å². The number of rotatable bonds is 5. The van der Waals surface area contributed by atoms with Gasteiger partial charge in [-0.05, 0) is 25.3 Å². The normalized spacial score (nSPS) is 10.8. The van der Waals surface area contributed by atoms with Crippen LogP contribution in [0.4, 0.5) is 0 Å². The largest absolute Gasteiger partial charge is 0.310 e. The van der Waals surface area contributed by atoms with Crippen LogP contribution < -0.4 is 5.56 Å². The third-order valence-corrected chi connectivity index (χ3v) is 3.45. The van der Waals surface area contributed by atoms with Crippen LogP contribution >= 0.6 is 0 Å². The molecule has 106 valence electrons. The summed E-state index contributed by atoms with van der Waals surface area (Å²) in [4.78, 5) is 19.4. The molecular formula is C17H22N2O. The Labute approximate surface area is 120 Å². The third-order valence-electron chi connectivity index (χ3n) is 3.45. The van der Waals surface area contributed by atoms with Crippen LogP contribution in [0.25, 0.3) is 11.3 Å².